The number of ether oxygens (including phenoxy) is 2. The van der Waals surface area contributed by atoms with Crippen molar-refractivity contribution in [1.29, 1.82) is 0 Å². The minimum Gasteiger partial charge on any atom is -0.493 e. The topological polar surface area (TPSA) is 97.5 Å². The van der Waals surface area contributed by atoms with Gasteiger partial charge in [0.25, 0.3) is 11.5 Å². The van der Waals surface area contributed by atoms with Gasteiger partial charge in [0.2, 0.25) is 0 Å². The normalized spacial score (nSPS) is 15.1. The van der Waals surface area contributed by atoms with Crippen LogP contribution in [0.4, 0.5) is 5.69 Å². The minimum atomic E-state index is -0.591. The molecule has 0 bridgehead atoms. The number of benzene rings is 2. The Morgan fingerprint density at radius 1 is 1.00 bits per heavy atom. The van der Waals surface area contributed by atoms with Crippen molar-refractivity contribution in [2.45, 2.75) is 18.8 Å². The number of anilines is 1. The molecule has 1 aliphatic rings. The van der Waals surface area contributed by atoms with Crippen LogP contribution in [0.25, 0.3) is 0 Å². The first-order valence-electron chi connectivity index (χ1n) is 9.98. The third-order valence-electron chi connectivity index (χ3n) is 5.53. The van der Waals surface area contributed by atoms with Crippen LogP contribution in [0.15, 0.2) is 53.3 Å². The van der Waals surface area contributed by atoms with Crippen molar-refractivity contribution < 1.29 is 19.1 Å². The first kappa shape index (κ1) is 21.6. The molecule has 164 valence electrons. The molecule has 1 heterocycles. The number of hydrogen-bond donors (Lipinski definition) is 2. The molecule has 0 radical (unpaired) electrons. The summed E-state index contributed by atoms with van der Waals surface area (Å²) in [5.41, 5.74) is 1.63. The first-order chi connectivity index (χ1) is 15.4. The summed E-state index contributed by atoms with van der Waals surface area (Å²) in [5, 5.41) is 3.18. The van der Waals surface area contributed by atoms with Crippen molar-refractivity contribution in [1.82, 2.24) is 4.98 Å². The summed E-state index contributed by atoms with van der Waals surface area (Å²) in [6, 6.07) is 13.4. The number of methoxy groups -OCH3 is 2. The number of carbonyl (C=O) groups excluding carboxylic acids is 2. The second-order valence-electron chi connectivity index (χ2n) is 7.51. The standard InChI is InChI=1S/C24H21ClN2O5/c1-31-21-8-3-13(11-22(21)32-2)14-9-19-17(20(28)10-14)12-18(24(30)27-19)23(29)26-16-6-4-15(25)5-7-16/h3-8,11-12,14H,9-10H2,1-2H3,(H,26,29)(H,27,30)/t14-/m1/s1. The number of amides is 1. The molecular weight excluding hydrogens is 432 g/mol. The number of H-pyrrole nitrogens is 1. The molecule has 3 aromatic rings. The first-order valence-corrected chi connectivity index (χ1v) is 10.4. The van der Waals surface area contributed by atoms with Gasteiger partial charge < -0.3 is 19.8 Å². The molecule has 0 spiro atoms. The zero-order chi connectivity index (χ0) is 22.8. The van der Waals surface area contributed by atoms with E-state index in [1.807, 2.05) is 12.1 Å². The molecule has 7 nitrogen and oxygen atoms in total. The number of pyridine rings is 1. The fraction of sp³-hybridized carbons (Fsp3) is 0.208. The van der Waals surface area contributed by atoms with Crippen LogP contribution < -0.4 is 20.3 Å². The molecule has 1 amide bonds. The Hall–Kier alpha value is -3.58. The fourth-order valence-electron chi connectivity index (χ4n) is 3.87. The van der Waals surface area contributed by atoms with Crippen molar-refractivity contribution in [2.24, 2.45) is 0 Å². The van der Waals surface area contributed by atoms with Gasteiger partial charge in [-0.05, 0) is 60.4 Å². The molecule has 0 unspecified atom stereocenters. The lowest BCUT2D eigenvalue weighted by molar-refractivity contribution is 0.0963. The van der Waals surface area contributed by atoms with Gasteiger partial charge in [0.15, 0.2) is 17.3 Å². The third kappa shape index (κ3) is 4.24. The number of aromatic amines is 1. The lowest BCUT2D eigenvalue weighted by Gasteiger charge is -2.24. The zero-order valence-corrected chi connectivity index (χ0v) is 18.3. The number of rotatable bonds is 5. The monoisotopic (exact) mass is 452 g/mol. The number of ketones is 1. The maximum Gasteiger partial charge on any atom is 0.261 e. The van der Waals surface area contributed by atoms with Crippen molar-refractivity contribution in [3.63, 3.8) is 0 Å². The van der Waals surface area contributed by atoms with E-state index in [1.165, 1.54) is 6.07 Å². The molecule has 0 fully saturated rings. The predicted octanol–water partition coefficient (Wildman–Crippen LogP) is 4.21. The van der Waals surface area contributed by atoms with Crippen LogP contribution in [0.5, 0.6) is 11.5 Å². The van der Waals surface area contributed by atoms with Crippen molar-refractivity contribution in [3.05, 3.63) is 86.3 Å². The molecule has 0 saturated heterocycles. The van der Waals surface area contributed by atoms with E-state index in [0.717, 1.165) is 5.56 Å². The maximum absolute atomic E-state index is 12.9. The maximum atomic E-state index is 12.9. The Labute approximate surface area is 189 Å². The molecular formula is C24H21ClN2O5. The summed E-state index contributed by atoms with van der Waals surface area (Å²) in [6.07, 6.45) is 0.720. The molecule has 0 aliphatic heterocycles. The molecule has 4 rings (SSSR count). The summed E-state index contributed by atoms with van der Waals surface area (Å²) in [5.74, 6) is 0.322. The lowest BCUT2D eigenvalue weighted by Crippen LogP contribution is -2.29. The average Bonchev–Trinajstić information content (AvgIpc) is 2.79. The van der Waals surface area contributed by atoms with Gasteiger partial charge >= 0.3 is 0 Å². The Bertz CT molecular complexity index is 1250. The Morgan fingerprint density at radius 2 is 1.72 bits per heavy atom. The molecule has 32 heavy (non-hydrogen) atoms. The largest absolute Gasteiger partial charge is 0.493 e. The SMILES string of the molecule is COc1ccc([C@H]2CC(=O)c3cc(C(=O)Nc4ccc(Cl)cc4)c(=O)[nH]c3C2)cc1OC. The van der Waals surface area contributed by atoms with Gasteiger partial charge in [-0.25, -0.2) is 0 Å². The Balaban J connectivity index is 1.61. The van der Waals surface area contributed by atoms with E-state index in [-0.39, 0.29) is 23.7 Å². The van der Waals surface area contributed by atoms with Crippen LogP contribution in [-0.2, 0) is 6.42 Å². The van der Waals surface area contributed by atoms with Crippen LogP contribution in [0.3, 0.4) is 0 Å². The fourth-order valence-corrected chi connectivity index (χ4v) is 4.00. The highest BCUT2D eigenvalue weighted by Gasteiger charge is 2.29. The summed E-state index contributed by atoms with van der Waals surface area (Å²) in [6.45, 7) is 0. The summed E-state index contributed by atoms with van der Waals surface area (Å²) >= 11 is 5.86. The second-order valence-corrected chi connectivity index (χ2v) is 7.94. The average molecular weight is 453 g/mol. The van der Waals surface area contributed by atoms with Crippen molar-refractivity contribution in [2.75, 3.05) is 19.5 Å². The van der Waals surface area contributed by atoms with Crippen LogP contribution >= 0.6 is 11.6 Å². The Morgan fingerprint density at radius 3 is 2.41 bits per heavy atom. The lowest BCUT2D eigenvalue weighted by atomic mass is 9.81. The van der Waals surface area contributed by atoms with Gasteiger partial charge in [-0.2, -0.15) is 0 Å². The third-order valence-corrected chi connectivity index (χ3v) is 5.78. The van der Waals surface area contributed by atoms with E-state index in [9.17, 15) is 14.4 Å². The van der Waals surface area contributed by atoms with Gasteiger partial charge in [0, 0.05) is 28.4 Å². The number of aromatic nitrogens is 1. The number of nitrogens with one attached hydrogen (secondary N) is 2. The number of carbonyl (C=O) groups is 2. The van der Waals surface area contributed by atoms with Crippen LogP contribution in [-0.4, -0.2) is 30.9 Å². The smallest absolute Gasteiger partial charge is 0.261 e. The van der Waals surface area contributed by atoms with E-state index in [2.05, 4.69) is 10.3 Å². The summed E-state index contributed by atoms with van der Waals surface area (Å²) < 4.78 is 10.6. The van der Waals surface area contributed by atoms with Gasteiger partial charge in [-0.3, -0.25) is 14.4 Å². The zero-order valence-electron chi connectivity index (χ0n) is 17.5. The molecule has 1 aliphatic carbocycles. The number of hydrogen-bond acceptors (Lipinski definition) is 5. The number of fused-ring (bicyclic) bond motifs is 1. The Kier molecular flexibility index (Phi) is 6.01. The highest BCUT2D eigenvalue weighted by atomic mass is 35.5. The van der Waals surface area contributed by atoms with Crippen LogP contribution in [0.2, 0.25) is 5.02 Å². The molecule has 8 heteroatoms. The van der Waals surface area contributed by atoms with E-state index in [1.54, 1.807) is 44.6 Å². The van der Waals surface area contributed by atoms with E-state index in [4.69, 9.17) is 21.1 Å². The number of Topliss-reactive ketones (excluding diaryl/α,β-unsaturated/α-hetero) is 1. The van der Waals surface area contributed by atoms with Gasteiger partial charge in [-0.15, -0.1) is 0 Å². The second kappa shape index (κ2) is 8.88. The predicted molar refractivity (Wildman–Crippen MR) is 121 cm³/mol. The van der Waals surface area contributed by atoms with Crippen LogP contribution in [0, 0.1) is 0 Å². The van der Waals surface area contributed by atoms with Gasteiger partial charge in [0.05, 0.1) is 14.2 Å². The van der Waals surface area contributed by atoms with Gasteiger partial charge in [0.1, 0.15) is 5.56 Å². The summed E-state index contributed by atoms with van der Waals surface area (Å²) in [7, 11) is 3.11. The van der Waals surface area contributed by atoms with E-state index >= 15 is 0 Å². The molecule has 1 aromatic heterocycles. The molecule has 2 N–H and O–H groups in total. The van der Waals surface area contributed by atoms with Crippen molar-refractivity contribution in [3.8, 4) is 11.5 Å². The highest BCUT2D eigenvalue weighted by Crippen LogP contribution is 2.36. The molecule has 0 saturated carbocycles. The molecule has 1 atom stereocenters. The van der Waals surface area contributed by atoms with E-state index in [0.29, 0.717) is 39.9 Å². The van der Waals surface area contributed by atoms with E-state index < -0.39 is 11.5 Å². The number of halogens is 1. The minimum absolute atomic E-state index is 0.114. The van der Waals surface area contributed by atoms with Gasteiger partial charge in [-0.1, -0.05) is 17.7 Å². The highest BCUT2D eigenvalue weighted by molar-refractivity contribution is 6.30. The summed E-state index contributed by atoms with van der Waals surface area (Å²) in [4.78, 5) is 40.9. The quantitative estimate of drug-likeness (QED) is 0.604. The van der Waals surface area contributed by atoms with Crippen molar-refractivity contribution >= 4 is 29.0 Å². The van der Waals surface area contributed by atoms with Crippen LogP contribution in [0.1, 0.15) is 44.3 Å². The molecule has 2 aromatic carbocycles.